The molecular weight excluding hydrogens is 296 g/mol. The number of aromatic hydroxyl groups is 2. The number of benzene rings is 2. The first-order valence-corrected chi connectivity index (χ1v) is 6.89. The van der Waals surface area contributed by atoms with E-state index in [1.807, 2.05) is 30.3 Å². The maximum absolute atomic E-state index is 12.3. The van der Waals surface area contributed by atoms with E-state index >= 15 is 0 Å². The topological polar surface area (TPSA) is 79.9 Å². The van der Waals surface area contributed by atoms with Crippen LogP contribution in [0.5, 0.6) is 17.2 Å². The van der Waals surface area contributed by atoms with Crippen LogP contribution >= 0.6 is 0 Å². The van der Waals surface area contributed by atoms with Gasteiger partial charge in [-0.25, -0.2) is 0 Å². The molecule has 0 saturated heterocycles. The van der Waals surface area contributed by atoms with Crippen LogP contribution in [0.3, 0.4) is 0 Å². The van der Waals surface area contributed by atoms with E-state index in [-0.39, 0.29) is 22.8 Å². The molecule has 1 aromatic heterocycles. The molecular formula is C18H14O5. The zero-order valence-electron chi connectivity index (χ0n) is 12.3. The SMILES string of the molecule is COc1cc(O)cc(O)c1C(=O)/C=C/c1cc2ccccc2o1. The van der Waals surface area contributed by atoms with Crippen LogP contribution in [0.1, 0.15) is 16.1 Å². The van der Waals surface area contributed by atoms with Gasteiger partial charge in [0.2, 0.25) is 0 Å². The summed E-state index contributed by atoms with van der Waals surface area (Å²) in [4.78, 5) is 12.3. The summed E-state index contributed by atoms with van der Waals surface area (Å²) >= 11 is 0. The van der Waals surface area contributed by atoms with E-state index < -0.39 is 5.78 Å². The maximum Gasteiger partial charge on any atom is 0.193 e. The number of ketones is 1. The molecule has 0 atom stereocenters. The summed E-state index contributed by atoms with van der Waals surface area (Å²) < 4.78 is 10.6. The highest BCUT2D eigenvalue weighted by atomic mass is 16.5. The van der Waals surface area contributed by atoms with Gasteiger partial charge in [-0.3, -0.25) is 4.79 Å². The van der Waals surface area contributed by atoms with Crippen molar-refractivity contribution in [1.82, 2.24) is 0 Å². The molecule has 2 N–H and O–H groups in total. The summed E-state index contributed by atoms with van der Waals surface area (Å²) in [6.45, 7) is 0. The first kappa shape index (κ1) is 14.7. The van der Waals surface area contributed by atoms with Crippen molar-refractivity contribution in [3.63, 3.8) is 0 Å². The molecule has 2 aromatic carbocycles. The molecule has 3 rings (SSSR count). The zero-order chi connectivity index (χ0) is 16.4. The molecule has 116 valence electrons. The van der Waals surface area contributed by atoms with Gasteiger partial charge in [-0.15, -0.1) is 0 Å². The summed E-state index contributed by atoms with van der Waals surface area (Å²) in [5.41, 5.74) is 0.710. The highest BCUT2D eigenvalue weighted by molar-refractivity contribution is 6.10. The van der Waals surface area contributed by atoms with Gasteiger partial charge in [0.05, 0.1) is 7.11 Å². The van der Waals surface area contributed by atoms with Crippen LogP contribution in [0, 0.1) is 0 Å². The molecule has 0 aliphatic heterocycles. The quantitative estimate of drug-likeness (QED) is 0.566. The smallest absolute Gasteiger partial charge is 0.193 e. The summed E-state index contributed by atoms with van der Waals surface area (Å²) in [6.07, 6.45) is 2.81. The Balaban J connectivity index is 1.92. The van der Waals surface area contributed by atoms with Crippen molar-refractivity contribution >= 4 is 22.8 Å². The number of phenols is 2. The van der Waals surface area contributed by atoms with Crippen molar-refractivity contribution < 1.29 is 24.2 Å². The molecule has 3 aromatic rings. The number of carbonyl (C=O) groups excluding carboxylic acids is 1. The Kier molecular flexibility index (Phi) is 3.76. The van der Waals surface area contributed by atoms with Crippen molar-refractivity contribution in [1.29, 1.82) is 0 Å². The van der Waals surface area contributed by atoms with E-state index in [0.29, 0.717) is 5.76 Å². The van der Waals surface area contributed by atoms with Gasteiger partial charge in [-0.2, -0.15) is 0 Å². The lowest BCUT2D eigenvalue weighted by atomic mass is 10.1. The number of phenolic OH excluding ortho intramolecular Hbond substituents is 2. The number of fused-ring (bicyclic) bond motifs is 1. The number of carbonyl (C=O) groups is 1. The third-order valence-electron chi connectivity index (χ3n) is 3.38. The molecule has 0 bridgehead atoms. The molecule has 5 nitrogen and oxygen atoms in total. The second kappa shape index (κ2) is 5.88. The maximum atomic E-state index is 12.3. The largest absolute Gasteiger partial charge is 0.508 e. The van der Waals surface area contributed by atoms with Crippen LogP contribution in [-0.4, -0.2) is 23.1 Å². The highest BCUT2D eigenvalue weighted by Gasteiger charge is 2.17. The summed E-state index contributed by atoms with van der Waals surface area (Å²) in [5.74, 6) is -0.364. The number of rotatable bonds is 4. The van der Waals surface area contributed by atoms with Crippen molar-refractivity contribution in [3.8, 4) is 17.2 Å². The van der Waals surface area contributed by atoms with E-state index in [1.54, 1.807) is 0 Å². The Morgan fingerprint density at radius 2 is 1.96 bits per heavy atom. The van der Waals surface area contributed by atoms with Gasteiger partial charge in [0.25, 0.3) is 0 Å². The van der Waals surface area contributed by atoms with E-state index in [1.165, 1.54) is 25.3 Å². The van der Waals surface area contributed by atoms with Crippen LogP contribution < -0.4 is 4.74 Å². The Morgan fingerprint density at radius 1 is 1.17 bits per heavy atom. The Hall–Kier alpha value is -3.21. The molecule has 0 fully saturated rings. The van der Waals surface area contributed by atoms with Crippen LogP contribution in [0.25, 0.3) is 17.0 Å². The van der Waals surface area contributed by atoms with Crippen molar-refractivity contribution in [3.05, 3.63) is 59.9 Å². The lowest BCUT2D eigenvalue weighted by Crippen LogP contribution is -1.99. The molecule has 0 spiro atoms. The summed E-state index contributed by atoms with van der Waals surface area (Å²) in [7, 11) is 1.36. The van der Waals surface area contributed by atoms with Crippen LogP contribution in [0.4, 0.5) is 0 Å². The second-order valence-electron chi connectivity index (χ2n) is 4.93. The van der Waals surface area contributed by atoms with E-state index in [4.69, 9.17) is 9.15 Å². The van der Waals surface area contributed by atoms with Gasteiger partial charge in [0.15, 0.2) is 5.78 Å². The van der Waals surface area contributed by atoms with Gasteiger partial charge in [0.1, 0.15) is 34.2 Å². The van der Waals surface area contributed by atoms with Crippen molar-refractivity contribution in [2.24, 2.45) is 0 Å². The molecule has 0 aliphatic rings. The molecule has 0 aliphatic carbocycles. The zero-order valence-corrected chi connectivity index (χ0v) is 12.3. The molecule has 1 heterocycles. The third kappa shape index (κ3) is 2.89. The van der Waals surface area contributed by atoms with Crippen molar-refractivity contribution in [2.45, 2.75) is 0 Å². The Labute approximate surface area is 132 Å². The molecule has 0 radical (unpaired) electrons. The van der Waals surface area contributed by atoms with E-state index in [9.17, 15) is 15.0 Å². The van der Waals surface area contributed by atoms with Crippen LogP contribution in [0.15, 0.2) is 53.0 Å². The molecule has 0 saturated carbocycles. The molecule has 23 heavy (non-hydrogen) atoms. The number of hydrogen-bond donors (Lipinski definition) is 2. The minimum atomic E-state index is -0.459. The second-order valence-corrected chi connectivity index (χ2v) is 4.93. The number of hydrogen-bond acceptors (Lipinski definition) is 5. The van der Waals surface area contributed by atoms with Crippen molar-refractivity contribution in [2.75, 3.05) is 7.11 Å². The number of allylic oxidation sites excluding steroid dienone is 1. The van der Waals surface area contributed by atoms with Gasteiger partial charge in [-0.05, 0) is 24.3 Å². The van der Waals surface area contributed by atoms with E-state index in [0.717, 1.165) is 17.0 Å². The predicted molar refractivity (Wildman–Crippen MR) is 85.9 cm³/mol. The lowest BCUT2D eigenvalue weighted by Gasteiger charge is -2.08. The van der Waals surface area contributed by atoms with Gasteiger partial charge in [0, 0.05) is 17.5 Å². The normalized spacial score (nSPS) is 11.2. The minimum Gasteiger partial charge on any atom is -0.508 e. The van der Waals surface area contributed by atoms with Crippen LogP contribution in [-0.2, 0) is 0 Å². The van der Waals surface area contributed by atoms with Gasteiger partial charge >= 0.3 is 0 Å². The summed E-state index contributed by atoms with van der Waals surface area (Å²) in [6, 6.07) is 11.7. The first-order chi connectivity index (χ1) is 11.1. The third-order valence-corrected chi connectivity index (χ3v) is 3.38. The average molecular weight is 310 g/mol. The minimum absolute atomic E-state index is 0.0161. The fraction of sp³-hybridized carbons (Fsp3) is 0.0556. The standard InChI is InChI=1S/C18H14O5/c1-22-17-10-12(19)9-15(21)18(17)14(20)7-6-13-8-11-4-2-3-5-16(11)23-13/h2-10,19,21H,1H3/b7-6+. The average Bonchev–Trinajstić information content (AvgIpc) is 2.94. The molecule has 0 amide bonds. The van der Waals surface area contributed by atoms with Gasteiger partial charge < -0.3 is 19.4 Å². The molecule has 5 heteroatoms. The molecule has 0 unspecified atom stereocenters. The fourth-order valence-electron chi connectivity index (χ4n) is 2.32. The first-order valence-electron chi connectivity index (χ1n) is 6.89. The summed E-state index contributed by atoms with van der Waals surface area (Å²) in [5, 5.41) is 20.2. The highest BCUT2D eigenvalue weighted by Crippen LogP contribution is 2.33. The lowest BCUT2D eigenvalue weighted by molar-refractivity contribution is 0.104. The number of para-hydroxylation sites is 1. The van der Waals surface area contributed by atoms with E-state index in [2.05, 4.69) is 0 Å². The Bertz CT molecular complexity index is 872. The van der Waals surface area contributed by atoms with Crippen LogP contribution in [0.2, 0.25) is 0 Å². The predicted octanol–water partition coefficient (Wildman–Crippen LogP) is 3.75. The monoisotopic (exact) mass is 310 g/mol. The Morgan fingerprint density at radius 3 is 2.70 bits per heavy atom. The fourth-order valence-corrected chi connectivity index (χ4v) is 2.32. The number of ether oxygens (including phenoxy) is 1. The number of methoxy groups -OCH3 is 1. The van der Waals surface area contributed by atoms with Gasteiger partial charge in [-0.1, -0.05) is 18.2 Å². The number of furan rings is 1.